The van der Waals surface area contributed by atoms with E-state index in [4.69, 9.17) is 10.2 Å². The topological polar surface area (TPSA) is 40.5 Å². The molecule has 3 heteroatoms. The Morgan fingerprint density at radius 3 is 1.08 bits per heavy atom. The van der Waals surface area contributed by atoms with Crippen LogP contribution in [0.3, 0.4) is 0 Å². The number of aliphatic hydroxyl groups excluding tert-OH is 2. The molecule has 0 heterocycles. The molecule has 0 bridgehead atoms. The Bertz CT molecular complexity index is 44.9. The van der Waals surface area contributed by atoms with E-state index in [1.807, 2.05) is 0 Å². The standard InChI is InChI=1S/2C5H12O.H4Si/c2*1-2-3-4-5-6;/h2*6H,2-5H2,1H3;1H4. The summed E-state index contributed by atoms with van der Waals surface area (Å²) in [6, 6.07) is 0. The number of aliphatic hydroxyl groups is 2. The summed E-state index contributed by atoms with van der Waals surface area (Å²) in [7, 11) is 0. The van der Waals surface area contributed by atoms with Crippen molar-refractivity contribution in [2.24, 2.45) is 0 Å². The van der Waals surface area contributed by atoms with Crippen LogP contribution in [-0.4, -0.2) is 34.4 Å². The SMILES string of the molecule is CCCCCO.CCCCCO.[SiH4]. The van der Waals surface area contributed by atoms with Gasteiger partial charge in [0.15, 0.2) is 0 Å². The van der Waals surface area contributed by atoms with Gasteiger partial charge < -0.3 is 10.2 Å². The molecule has 13 heavy (non-hydrogen) atoms. The zero-order valence-corrected chi connectivity index (χ0v) is 8.55. The summed E-state index contributed by atoms with van der Waals surface area (Å²) < 4.78 is 0. The fraction of sp³-hybridized carbons (Fsp3) is 1.00. The molecule has 2 N–H and O–H groups in total. The summed E-state index contributed by atoms with van der Waals surface area (Å²) in [5.74, 6) is 0. The highest BCUT2D eigenvalue weighted by Gasteiger charge is 1.76. The fourth-order valence-electron chi connectivity index (χ4n) is 0.724. The maximum Gasteiger partial charge on any atom is 0.0431 e. The van der Waals surface area contributed by atoms with Gasteiger partial charge in [-0.15, -0.1) is 0 Å². The lowest BCUT2D eigenvalue weighted by atomic mass is 10.3. The molecule has 0 spiro atoms. The van der Waals surface area contributed by atoms with Crippen molar-refractivity contribution in [1.29, 1.82) is 0 Å². The number of hydrogen-bond donors (Lipinski definition) is 2. The van der Waals surface area contributed by atoms with Gasteiger partial charge in [-0.1, -0.05) is 39.5 Å². The summed E-state index contributed by atoms with van der Waals surface area (Å²) in [5, 5.41) is 16.4. The second-order valence-corrected chi connectivity index (χ2v) is 2.86. The van der Waals surface area contributed by atoms with E-state index in [9.17, 15) is 0 Å². The first kappa shape index (κ1) is 18.8. The van der Waals surface area contributed by atoms with Crippen LogP contribution in [-0.2, 0) is 0 Å². The molecule has 0 aromatic carbocycles. The third-order valence-corrected chi connectivity index (χ3v) is 1.52. The van der Waals surface area contributed by atoms with Crippen molar-refractivity contribution in [2.75, 3.05) is 13.2 Å². The van der Waals surface area contributed by atoms with Gasteiger partial charge in [0.1, 0.15) is 0 Å². The largest absolute Gasteiger partial charge is 0.396 e. The predicted octanol–water partition coefficient (Wildman–Crippen LogP) is 0.886. The fourth-order valence-corrected chi connectivity index (χ4v) is 0.724. The molecular weight excluding hydrogens is 180 g/mol. The van der Waals surface area contributed by atoms with Crippen LogP contribution >= 0.6 is 0 Å². The van der Waals surface area contributed by atoms with Gasteiger partial charge in [0.05, 0.1) is 0 Å². The van der Waals surface area contributed by atoms with Crippen LogP contribution in [0.4, 0.5) is 0 Å². The molecule has 0 fully saturated rings. The van der Waals surface area contributed by atoms with Gasteiger partial charge in [-0.05, 0) is 23.8 Å². The van der Waals surface area contributed by atoms with Crippen molar-refractivity contribution in [1.82, 2.24) is 0 Å². The van der Waals surface area contributed by atoms with E-state index in [0.29, 0.717) is 13.2 Å². The van der Waals surface area contributed by atoms with Crippen LogP contribution in [0, 0.1) is 0 Å². The molecule has 2 nitrogen and oxygen atoms in total. The summed E-state index contributed by atoms with van der Waals surface area (Å²) in [5.41, 5.74) is 0. The summed E-state index contributed by atoms with van der Waals surface area (Å²) in [4.78, 5) is 0. The van der Waals surface area contributed by atoms with Crippen LogP contribution in [0.1, 0.15) is 52.4 Å². The summed E-state index contributed by atoms with van der Waals surface area (Å²) in [6.45, 7) is 4.95. The molecule has 0 unspecified atom stereocenters. The molecule has 0 aromatic heterocycles. The summed E-state index contributed by atoms with van der Waals surface area (Å²) >= 11 is 0. The summed E-state index contributed by atoms with van der Waals surface area (Å²) in [6.07, 6.45) is 6.65. The number of hydrogen-bond acceptors (Lipinski definition) is 2. The zero-order chi connectivity index (χ0) is 9.66. The normalized spacial score (nSPS) is 8.31. The molecule has 0 saturated heterocycles. The lowest BCUT2D eigenvalue weighted by molar-refractivity contribution is 0.284. The molecule has 0 amide bonds. The van der Waals surface area contributed by atoms with E-state index in [-0.39, 0.29) is 11.0 Å². The molecule has 0 atom stereocenters. The average Bonchev–Trinajstić information content (AvgIpc) is 2.12. The molecule has 0 radical (unpaired) electrons. The Morgan fingerprint density at radius 1 is 0.692 bits per heavy atom. The van der Waals surface area contributed by atoms with Gasteiger partial charge >= 0.3 is 0 Å². The monoisotopic (exact) mass is 208 g/mol. The molecule has 0 aliphatic heterocycles. The first-order valence-electron chi connectivity index (χ1n) is 5.05. The highest BCUT2D eigenvalue weighted by atomic mass is 28.1. The first-order chi connectivity index (χ1) is 5.83. The minimum Gasteiger partial charge on any atom is -0.396 e. The van der Waals surface area contributed by atoms with Crippen molar-refractivity contribution >= 4 is 11.0 Å². The van der Waals surface area contributed by atoms with Crippen LogP contribution in [0.25, 0.3) is 0 Å². The Morgan fingerprint density at radius 2 is 1.00 bits per heavy atom. The minimum atomic E-state index is 0. The Kier molecular flexibility index (Phi) is 32.9. The van der Waals surface area contributed by atoms with Gasteiger partial charge in [0.25, 0.3) is 0 Å². The molecule has 0 rings (SSSR count). The van der Waals surface area contributed by atoms with Crippen molar-refractivity contribution in [3.8, 4) is 0 Å². The van der Waals surface area contributed by atoms with Crippen molar-refractivity contribution in [3.63, 3.8) is 0 Å². The highest BCUT2D eigenvalue weighted by Crippen LogP contribution is 1.89. The molecule has 0 aliphatic rings. The third kappa shape index (κ3) is 33.1. The van der Waals surface area contributed by atoms with E-state index in [1.165, 1.54) is 12.8 Å². The van der Waals surface area contributed by atoms with Gasteiger partial charge in [0, 0.05) is 13.2 Å². The van der Waals surface area contributed by atoms with E-state index < -0.39 is 0 Å². The van der Waals surface area contributed by atoms with Gasteiger partial charge in [-0.2, -0.15) is 0 Å². The Labute approximate surface area is 87.4 Å². The van der Waals surface area contributed by atoms with Crippen LogP contribution in [0.2, 0.25) is 0 Å². The quantitative estimate of drug-likeness (QED) is 0.503. The van der Waals surface area contributed by atoms with E-state index in [2.05, 4.69) is 13.8 Å². The molecule has 0 aliphatic carbocycles. The van der Waals surface area contributed by atoms with E-state index >= 15 is 0 Å². The molecule has 0 aromatic rings. The van der Waals surface area contributed by atoms with Crippen LogP contribution < -0.4 is 0 Å². The van der Waals surface area contributed by atoms with Crippen LogP contribution in [0.5, 0.6) is 0 Å². The van der Waals surface area contributed by atoms with E-state index in [0.717, 1.165) is 25.7 Å². The average molecular weight is 208 g/mol. The van der Waals surface area contributed by atoms with Crippen LogP contribution in [0.15, 0.2) is 0 Å². The zero-order valence-electron chi connectivity index (χ0n) is 8.55. The molecular formula is C10H28O2Si. The Hall–Kier alpha value is 0.137. The van der Waals surface area contributed by atoms with Gasteiger partial charge in [-0.25, -0.2) is 0 Å². The van der Waals surface area contributed by atoms with Crippen molar-refractivity contribution < 1.29 is 10.2 Å². The Balaban J connectivity index is -0.000000143. The minimum absolute atomic E-state index is 0. The van der Waals surface area contributed by atoms with Gasteiger partial charge in [0.2, 0.25) is 0 Å². The smallest absolute Gasteiger partial charge is 0.0431 e. The van der Waals surface area contributed by atoms with Crippen molar-refractivity contribution in [3.05, 3.63) is 0 Å². The third-order valence-electron chi connectivity index (χ3n) is 1.52. The highest BCUT2D eigenvalue weighted by molar-refractivity contribution is 5.75. The van der Waals surface area contributed by atoms with E-state index in [1.54, 1.807) is 0 Å². The second kappa shape index (κ2) is 22.7. The lowest BCUT2D eigenvalue weighted by Gasteiger charge is -1.85. The molecule has 0 saturated carbocycles. The predicted molar refractivity (Wildman–Crippen MR) is 64.6 cm³/mol. The first-order valence-corrected chi connectivity index (χ1v) is 5.05. The number of rotatable bonds is 6. The second-order valence-electron chi connectivity index (χ2n) is 2.86. The van der Waals surface area contributed by atoms with Gasteiger partial charge in [-0.3, -0.25) is 0 Å². The number of unbranched alkanes of at least 4 members (excludes halogenated alkanes) is 4. The maximum absolute atomic E-state index is 8.20. The maximum atomic E-state index is 8.20. The van der Waals surface area contributed by atoms with Crippen molar-refractivity contribution in [2.45, 2.75) is 52.4 Å². The lowest BCUT2D eigenvalue weighted by Crippen LogP contribution is -1.78. The molecule has 84 valence electrons.